The average Bonchev–Trinajstić information content (AvgIpc) is 3.46. The summed E-state index contributed by atoms with van der Waals surface area (Å²) >= 11 is 0. The molecule has 1 heterocycles. The fourth-order valence-corrected chi connectivity index (χ4v) is 5.82. The molecule has 0 radical (unpaired) electrons. The highest BCUT2D eigenvalue weighted by Crippen LogP contribution is 2.59. The summed E-state index contributed by atoms with van der Waals surface area (Å²) in [6.45, 7) is 23.3. The minimum absolute atomic E-state index is 0.212. The molecule has 4 aliphatic rings. The van der Waals surface area contributed by atoms with E-state index in [1.807, 2.05) is 45.9 Å². The Bertz CT molecular complexity index is 688. The van der Waals surface area contributed by atoms with E-state index in [1.54, 1.807) is 38.2 Å². The molecule has 190 valence electrons. The van der Waals surface area contributed by atoms with Crippen molar-refractivity contribution in [3.8, 4) is 0 Å². The van der Waals surface area contributed by atoms with E-state index in [4.69, 9.17) is 4.74 Å². The Hall–Kier alpha value is -1.31. The van der Waals surface area contributed by atoms with Gasteiger partial charge in [0.05, 0.1) is 5.56 Å². The number of carbonyl (C=O) groups is 1. The van der Waals surface area contributed by atoms with E-state index in [2.05, 4.69) is 48.5 Å². The van der Waals surface area contributed by atoms with Gasteiger partial charge in [-0.05, 0) is 87.0 Å². The van der Waals surface area contributed by atoms with Gasteiger partial charge in [0, 0.05) is 5.56 Å². The van der Waals surface area contributed by atoms with Crippen LogP contribution in [-0.4, -0.2) is 5.97 Å². The zero-order valence-electron chi connectivity index (χ0n) is 23.8. The predicted octanol–water partition coefficient (Wildman–Crippen LogP) is 9.67. The van der Waals surface area contributed by atoms with Crippen molar-refractivity contribution in [3.05, 3.63) is 35.4 Å². The Morgan fingerprint density at radius 1 is 0.909 bits per heavy atom. The highest BCUT2D eigenvalue weighted by molar-refractivity contribution is 5.94. The minimum Gasteiger partial charge on any atom is -0.451 e. The maximum absolute atomic E-state index is 11.3. The van der Waals surface area contributed by atoms with Gasteiger partial charge in [-0.2, -0.15) is 0 Å². The van der Waals surface area contributed by atoms with Gasteiger partial charge in [0.1, 0.15) is 5.60 Å². The molecule has 4 unspecified atom stereocenters. The van der Waals surface area contributed by atoms with Gasteiger partial charge in [-0.1, -0.05) is 86.9 Å². The second-order valence-electron chi connectivity index (χ2n) is 12.4. The van der Waals surface area contributed by atoms with E-state index in [0.717, 1.165) is 11.5 Å². The largest absolute Gasteiger partial charge is 0.451 e. The molecule has 3 aliphatic carbocycles. The highest BCUT2D eigenvalue weighted by atomic mass is 16.6. The molecule has 3 fully saturated rings. The topological polar surface area (TPSA) is 26.3 Å². The Morgan fingerprint density at radius 3 is 1.76 bits per heavy atom. The van der Waals surface area contributed by atoms with Crippen LogP contribution < -0.4 is 0 Å². The molecule has 1 aliphatic heterocycles. The molecule has 33 heavy (non-hydrogen) atoms. The van der Waals surface area contributed by atoms with Gasteiger partial charge in [0.15, 0.2) is 0 Å². The highest BCUT2D eigenvalue weighted by Gasteiger charge is 2.50. The van der Waals surface area contributed by atoms with E-state index in [9.17, 15) is 4.79 Å². The van der Waals surface area contributed by atoms with Crippen molar-refractivity contribution in [2.45, 2.75) is 120 Å². The van der Waals surface area contributed by atoms with Crippen LogP contribution in [0.3, 0.4) is 0 Å². The number of rotatable bonds is 0. The second-order valence-corrected chi connectivity index (χ2v) is 12.4. The van der Waals surface area contributed by atoms with Gasteiger partial charge in [-0.3, -0.25) is 0 Å². The third-order valence-electron chi connectivity index (χ3n) is 6.77. The number of ether oxygens (including phenoxy) is 1. The third-order valence-corrected chi connectivity index (χ3v) is 6.77. The minimum atomic E-state index is -0.451. The zero-order chi connectivity index (χ0) is 25.4. The first-order chi connectivity index (χ1) is 15.4. The molecule has 0 N–H and O–H groups in total. The first-order valence-corrected chi connectivity index (χ1v) is 13.7. The molecule has 0 spiro atoms. The summed E-state index contributed by atoms with van der Waals surface area (Å²) in [7, 11) is 0. The van der Waals surface area contributed by atoms with Crippen LogP contribution in [0.1, 0.15) is 131 Å². The molecule has 5 rings (SSSR count). The lowest BCUT2D eigenvalue weighted by molar-refractivity contribution is 0.00954. The number of hydrogen-bond acceptors (Lipinski definition) is 2. The second kappa shape index (κ2) is 13.0. The third kappa shape index (κ3) is 8.76. The Kier molecular flexibility index (Phi) is 11.7. The molecule has 0 saturated heterocycles. The van der Waals surface area contributed by atoms with Gasteiger partial charge in [-0.25, -0.2) is 4.79 Å². The molecule has 2 heteroatoms. The number of fused-ring (bicyclic) bond motifs is 6. The number of hydrogen-bond donors (Lipinski definition) is 0. The summed E-state index contributed by atoms with van der Waals surface area (Å²) in [4.78, 5) is 11.3. The summed E-state index contributed by atoms with van der Waals surface area (Å²) in [5, 5.41) is 0. The van der Waals surface area contributed by atoms with Crippen LogP contribution in [0.25, 0.3) is 0 Å². The van der Waals surface area contributed by atoms with Crippen molar-refractivity contribution in [1.29, 1.82) is 0 Å². The lowest BCUT2D eigenvalue weighted by Gasteiger charge is -2.23. The summed E-state index contributed by atoms with van der Waals surface area (Å²) in [6, 6.07) is 7.50. The van der Waals surface area contributed by atoms with Gasteiger partial charge < -0.3 is 4.74 Å². The number of cyclic esters (lactones) is 1. The normalized spacial score (nSPS) is 29.4. The summed E-state index contributed by atoms with van der Waals surface area (Å²) < 4.78 is 5.18. The van der Waals surface area contributed by atoms with Crippen LogP contribution in [0.4, 0.5) is 0 Å². The molecule has 2 bridgehead atoms. The quantitative estimate of drug-likeness (QED) is 0.362. The van der Waals surface area contributed by atoms with Crippen molar-refractivity contribution in [1.82, 2.24) is 0 Å². The summed E-state index contributed by atoms with van der Waals surface area (Å²) in [5.41, 5.74) is 1.73. The molecule has 0 amide bonds. The molecule has 4 atom stereocenters. The SMILES string of the molecule is CC.CC(C)(C)C.CC1(C)OC(=O)c2ccccc21.CC1CC2C3CCC(C3)C2C1.CCC. The van der Waals surface area contributed by atoms with Crippen LogP contribution >= 0.6 is 0 Å². The lowest BCUT2D eigenvalue weighted by atomic mass is 9.82. The fourth-order valence-electron chi connectivity index (χ4n) is 5.82. The molecule has 0 aromatic heterocycles. The molecular weight excluding hydrogens is 404 g/mol. The van der Waals surface area contributed by atoms with Gasteiger partial charge >= 0.3 is 5.97 Å². The number of carbonyl (C=O) groups excluding carboxylic acids is 1. The van der Waals surface area contributed by atoms with E-state index in [-0.39, 0.29) is 5.97 Å². The molecule has 1 aromatic rings. The van der Waals surface area contributed by atoms with E-state index < -0.39 is 5.60 Å². The number of esters is 1. The van der Waals surface area contributed by atoms with Crippen LogP contribution in [0, 0.1) is 35.0 Å². The summed E-state index contributed by atoms with van der Waals surface area (Å²) in [6.07, 6.45) is 9.18. The standard InChI is InChI=1S/C11H18.C10H10O2.C5H12.C3H8.C2H6/c1-7-4-10-8-2-3-9(6-8)11(10)5-7;1-10(2)8-6-4-3-5-7(8)9(11)12-10;1-5(2,3)4;1-3-2;1-2/h7-11H,2-6H2,1H3;3-6H,1-2H3;1-4H3;3H2,1-2H3;1-2H3. The van der Waals surface area contributed by atoms with E-state index >= 15 is 0 Å². The van der Waals surface area contributed by atoms with Crippen molar-refractivity contribution >= 4 is 5.97 Å². The smallest absolute Gasteiger partial charge is 0.339 e. The van der Waals surface area contributed by atoms with E-state index in [0.29, 0.717) is 11.0 Å². The Balaban J connectivity index is 0.000000240. The zero-order valence-corrected chi connectivity index (χ0v) is 23.8. The van der Waals surface area contributed by atoms with Crippen LogP contribution in [0.15, 0.2) is 24.3 Å². The van der Waals surface area contributed by atoms with Crippen molar-refractivity contribution in [2.75, 3.05) is 0 Å². The van der Waals surface area contributed by atoms with Crippen LogP contribution in [0.5, 0.6) is 0 Å². The lowest BCUT2D eigenvalue weighted by Crippen LogP contribution is -2.15. The van der Waals surface area contributed by atoms with Crippen molar-refractivity contribution < 1.29 is 9.53 Å². The van der Waals surface area contributed by atoms with Crippen LogP contribution in [0.2, 0.25) is 0 Å². The molecule has 2 nitrogen and oxygen atoms in total. The maximum Gasteiger partial charge on any atom is 0.339 e. The molecule has 3 saturated carbocycles. The first-order valence-electron chi connectivity index (χ1n) is 13.7. The van der Waals surface area contributed by atoms with Crippen molar-refractivity contribution in [2.24, 2.45) is 35.0 Å². The monoisotopic (exact) mass is 458 g/mol. The predicted molar refractivity (Wildman–Crippen MR) is 144 cm³/mol. The Labute approximate surface area is 206 Å². The summed E-state index contributed by atoms with van der Waals surface area (Å²) in [5.74, 6) is 5.57. The van der Waals surface area contributed by atoms with Gasteiger partial charge in [0.25, 0.3) is 0 Å². The van der Waals surface area contributed by atoms with Crippen molar-refractivity contribution in [3.63, 3.8) is 0 Å². The molecule has 1 aromatic carbocycles. The average molecular weight is 459 g/mol. The maximum atomic E-state index is 11.3. The van der Waals surface area contributed by atoms with Crippen LogP contribution in [-0.2, 0) is 10.3 Å². The molecular formula is C31H54O2. The van der Waals surface area contributed by atoms with Gasteiger partial charge in [-0.15, -0.1) is 0 Å². The van der Waals surface area contributed by atoms with Gasteiger partial charge in [0.2, 0.25) is 0 Å². The Morgan fingerprint density at radius 2 is 1.33 bits per heavy atom. The first kappa shape index (κ1) is 29.7. The number of benzene rings is 1. The van der Waals surface area contributed by atoms with E-state index in [1.165, 1.54) is 30.1 Å². The fraction of sp³-hybridized carbons (Fsp3) is 0.774.